The predicted molar refractivity (Wildman–Crippen MR) is 191 cm³/mol. The Kier molecular flexibility index (Phi) is 10.6. The molecule has 46 heavy (non-hydrogen) atoms. The van der Waals surface area contributed by atoms with Crippen LogP contribution in [-0.4, -0.2) is 29.6 Å². The molecule has 5 aromatic rings. The average molecular weight is 744 g/mol. The molecule has 7 nitrogen and oxygen atoms in total. The number of aryl methyl sites for hydroxylation is 1. The maximum absolute atomic E-state index is 13.9. The number of halogens is 4. The van der Waals surface area contributed by atoms with Gasteiger partial charge in [0.05, 0.1) is 40.9 Å². The number of nitrogens with zero attached hydrogens (tertiary/aromatic N) is 3. The van der Waals surface area contributed by atoms with Gasteiger partial charge in [-0.3, -0.25) is 4.79 Å². The molecule has 0 aliphatic rings. The number of hydrogen-bond donors (Lipinski definition) is 0. The number of para-hydroxylation sites is 1. The van der Waals surface area contributed by atoms with Crippen LogP contribution in [-0.2, 0) is 6.61 Å². The van der Waals surface area contributed by atoms with E-state index in [9.17, 15) is 4.79 Å². The van der Waals surface area contributed by atoms with Gasteiger partial charge in [-0.25, -0.2) is 4.98 Å². The second-order valence-electron chi connectivity index (χ2n) is 10.8. The number of aromatic nitrogens is 2. The maximum atomic E-state index is 13.9. The minimum absolute atomic E-state index is 0.174. The minimum atomic E-state index is -0.313. The van der Waals surface area contributed by atoms with Crippen LogP contribution in [0.25, 0.3) is 22.3 Å². The van der Waals surface area contributed by atoms with Crippen molar-refractivity contribution in [1.82, 2.24) is 9.66 Å². The normalized spacial score (nSPS) is 11.5. The van der Waals surface area contributed by atoms with Crippen molar-refractivity contribution in [3.05, 3.63) is 113 Å². The number of hydrogen-bond acceptors (Lipinski definition) is 6. The first-order valence-corrected chi connectivity index (χ1v) is 16.4. The molecular weight excluding hydrogens is 713 g/mol. The Bertz CT molecular complexity index is 2030. The van der Waals surface area contributed by atoms with Crippen molar-refractivity contribution < 1.29 is 14.2 Å². The topological polar surface area (TPSA) is 74.9 Å². The number of ether oxygens (including phenoxy) is 3. The summed E-state index contributed by atoms with van der Waals surface area (Å²) in [5.74, 6) is 2.09. The Labute approximate surface area is 290 Å². The van der Waals surface area contributed by atoms with Crippen molar-refractivity contribution in [1.29, 1.82) is 0 Å². The fraction of sp³-hybridized carbons (Fsp3) is 0.229. The largest absolute Gasteiger partial charge is 0.494 e. The summed E-state index contributed by atoms with van der Waals surface area (Å²) in [6.07, 6.45) is 1.54. The minimum Gasteiger partial charge on any atom is -0.494 e. The third-order valence-electron chi connectivity index (χ3n) is 7.33. The van der Waals surface area contributed by atoms with Gasteiger partial charge in [-0.15, -0.1) is 0 Å². The first kappa shape index (κ1) is 33.8. The van der Waals surface area contributed by atoms with Crippen LogP contribution in [0.15, 0.2) is 75.0 Å². The van der Waals surface area contributed by atoms with E-state index in [2.05, 4.69) is 34.9 Å². The highest BCUT2D eigenvalue weighted by atomic mass is 79.9. The van der Waals surface area contributed by atoms with E-state index in [1.807, 2.05) is 44.2 Å². The second kappa shape index (κ2) is 14.5. The quantitative estimate of drug-likeness (QED) is 0.133. The highest BCUT2D eigenvalue weighted by Crippen LogP contribution is 2.43. The molecule has 11 heteroatoms. The molecule has 0 spiro atoms. The van der Waals surface area contributed by atoms with Crippen LogP contribution in [0.1, 0.15) is 48.9 Å². The molecule has 0 N–H and O–H groups in total. The van der Waals surface area contributed by atoms with Gasteiger partial charge in [0.2, 0.25) is 0 Å². The Morgan fingerprint density at radius 1 is 1.00 bits per heavy atom. The second-order valence-corrected chi connectivity index (χ2v) is 12.8. The molecule has 1 aromatic heterocycles. The third-order valence-corrected chi connectivity index (χ3v) is 9.51. The Balaban J connectivity index is 1.61. The summed E-state index contributed by atoms with van der Waals surface area (Å²) in [5.41, 5.74) is 4.29. The lowest BCUT2D eigenvalue weighted by Crippen LogP contribution is -2.21. The summed E-state index contributed by atoms with van der Waals surface area (Å²) in [6, 6.07) is 18.2. The van der Waals surface area contributed by atoms with E-state index in [4.69, 9.17) is 54.0 Å². The molecule has 0 fully saturated rings. The zero-order valence-corrected chi connectivity index (χ0v) is 29.7. The van der Waals surface area contributed by atoms with Gasteiger partial charge in [0.15, 0.2) is 17.3 Å². The molecule has 0 aliphatic heterocycles. The Morgan fingerprint density at radius 2 is 1.76 bits per heavy atom. The van der Waals surface area contributed by atoms with Crippen LogP contribution in [0.2, 0.25) is 15.1 Å². The van der Waals surface area contributed by atoms with Crippen LogP contribution < -0.4 is 19.8 Å². The van der Waals surface area contributed by atoms with Gasteiger partial charge >= 0.3 is 0 Å². The van der Waals surface area contributed by atoms with Crippen LogP contribution >= 0.6 is 50.7 Å². The first-order chi connectivity index (χ1) is 22.0. The summed E-state index contributed by atoms with van der Waals surface area (Å²) in [4.78, 5) is 18.8. The average Bonchev–Trinajstić information content (AvgIpc) is 3.03. The Hall–Kier alpha value is -3.56. The summed E-state index contributed by atoms with van der Waals surface area (Å²) < 4.78 is 19.4. The van der Waals surface area contributed by atoms with E-state index in [1.165, 1.54) is 18.0 Å². The number of methoxy groups -OCH3 is 1. The van der Waals surface area contributed by atoms with Gasteiger partial charge in [-0.2, -0.15) is 9.78 Å². The lowest BCUT2D eigenvalue weighted by molar-refractivity contribution is 0.284. The van der Waals surface area contributed by atoms with Crippen molar-refractivity contribution in [3.63, 3.8) is 0 Å². The van der Waals surface area contributed by atoms with E-state index in [0.29, 0.717) is 54.9 Å². The summed E-state index contributed by atoms with van der Waals surface area (Å²) in [6.45, 7) is 8.84. The summed E-state index contributed by atoms with van der Waals surface area (Å²) in [7, 11) is 1.52. The van der Waals surface area contributed by atoms with E-state index in [-0.39, 0.29) is 23.1 Å². The van der Waals surface area contributed by atoms with E-state index in [0.717, 1.165) is 28.0 Å². The molecule has 4 aromatic carbocycles. The fourth-order valence-electron chi connectivity index (χ4n) is 4.97. The van der Waals surface area contributed by atoms with E-state index >= 15 is 0 Å². The number of rotatable bonds is 10. The molecule has 0 saturated heterocycles. The summed E-state index contributed by atoms with van der Waals surface area (Å²) >= 11 is 22.6. The molecule has 5 rings (SSSR count). The SMILES string of the molecule is CCOc1cc(C)c(-c2nc3ccccc3c(=O)n2N=Cc2cc(OC)c(OCc3ccc(Cl)c(Cl)c3)c(Cl)c2Br)cc1C(C)C. The molecule has 238 valence electrons. The molecule has 1 heterocycles. The standard InChI is InChI=1S/C35H31BrCl3N3O4/c1-6-45-29-13-20(4)25(16-24(29)19(2)3)34-41-28-10-8-7-9-23(28)35(43)42(34)40-17-22-15-30(44-5)33(32(39)31(22)36)46-18-21-11-12-26(37)27(38)14-21/h7-17,19H,6,18H2,1-5H3. The Morgan fingerprint density at radius 3 is 2.46 bits per heavy atom. The van der Waals surface area contributed by atoms with Crippen LogP contribution in [0.3, 0.4) is 0 Å². The molecule has 0 bridgehead atoms. The third kappa shape index (κ3) is 6.91. The van der Waals surface area contributed by atoms with Gasteiger partial charge in [0.25, 0.3) is 5.56 Å². The smallest absolute Gasteiger partial charge is 0.282 e. The van der Waals surface area contributed by atoms with Crippen LogP contribution in [0.5, 0.6) is 17.2 Å². The van der Waals surface area contributed by atoms with Crippen molar-refractivity contribution in [2.24, 2.45) is 5.10 Å². The van der Waals surface area contributed by atoms with Crippen LogP contribution in [0.4, 0.5) is 0 Å². The predicted octanol–water partition coefficient (Wildman–Crippen LogP) is 10.1. The zero-order valence-electron chi connectivity index (χ0n) is 25.8. The van der Waals surface area contributed by atoms with E-state index in [1.54, 1.807) is 30.3 Å². The van der Waals surface area contributed by atoms with Crippen molar-refractivity contribution in [3.8, 4) is 28.6 Å². The highest BCUT2D eigenvalue weighted by molar-refractivity contribution is 9.10. The monoisotopic (exact) mass is 741 g/mol. The van der Waals surface area contributed by atoms with Crippen molar-refractivity contribution in [2.75, 3.05) is 13.7 Å². The van der Waals surface area contributed by atoms with Gasteiger partial charge in [-0.05, 0) is 94.9 Å². The number of fused-ring (bicyclic) bond motifs is 1. The van der Waals surface area contributed by atoms with Crippen molar-refractivity contribution in [2.45, 2.75) is 40.2 Å². The highest BCUT2D eigenvalue weighted by Gasteiger charge is 2.20. The summed E-state index contributed by atoms with van der Waals surface area (Å²) in [5, 5.41) is 6.26. The zero-order chi connectivity index (χ0) is 33.1. The molecule has 0 atom stereocenters. The van der Waals surface area contributed by atoms with Gasteiger partial charge in [0.1, 0.15) is 17.4 Å². The first-order valence-electron chi connectivity index (χ1n) is 14.5. The molecule has 0 amide bonds. The molecule has 0 radical (unpaired) electrons. The van der Waals surface area contributed by atoms with Crippen molar-refractivity contribution >= 4 is 67.9 Å². The van der Waals surface area contributed by atoms with Gasteiger partial charge < -0.3 is 14.2 Å². The van der Waals surface area contributed by atoms with E-state index < -0.39 is 0 Å². The van der Waals surface area contributed by atoms with Crippen LogP contribution in [0, 0.1) is 6.92 Å². The van der Waals surface area contributed by atoms with Gasteiger partial charge in [0, 0.05) is 15.6 Å². The number of benzene rings is 4. The van der Waals surface area contributed by atoms with Gasteiger partial charge in [-0.1, -0.05) is 66.8 Å². The molecule has 0 saturated carbocycles. The fourth-order valence-corrected chi connectivity index (χ4v) is 5.94. The molecule has 0 unspecified atom stereocenters. The molecule has 0 aliphatic carbocycles. The molecular formula is C35H31BrCl3N3O4. The lowest BCUT2D eigenvalue weighted by Gasteiger charge is -2.18. The lowest BCUT2D eigenvalue weighted by atomic mass is 9.96. The maximum Gasteiger partial charge on any atom is 0.282 e.